The standard InChI is InChI=1S/C12H15O/c1-2-3-5-10-6-4-7-11-8-9-13-12(10)11/h4,6-7H,1-3,5,8-9H2. The SMILES string of the molecule is [CH2]CCCc1cccc2c1OCC2. The van der Waals surface area contributed by atoms with Crippen molar-refractivity contribution in [2.24, 2.45) is 0 Å². The molecule has 1 aliphatic rings. The summed E-state index contributed by atoms with van der Waals surface area (Å²) in [5.41, 5.74) is 2.74. The summed E-state index contributed by atoms with van der Waals surface area (Å²) in [7, 11) is 0. The van der Waals surface area contributed by atoms with E-state index in [2.05, 4.69) is 25.1 Å². The highest BCUT2D eigenvalue weighted by atomic mass is 16.5. The van der Waals surface area contributed by atoms with Crippen LogP contribution in [0.1, 0.15) is 24.0 Å². The Morgan fingerprint density at radius 3 is 3.15 bits per heavy atom. The van der Waals surface area contributed by atoms with Crippen LogP contribution in [0.2, 0.25) is 0 Å². The number of aryl methyl sites for hydroxylation is 1. The lowest BCUT2D eigenvalue weighted by atomic mass is 10.0. The molecule has 1 heteroatoms. The van der Waals surface area contributed by atoms with E-state index >= 15 is 0 Å². The van der Waals surface area contributed by atoms with E-state index < -0.39 is 0 Å². The normalized spacial score (nSPS) is 13.9. The Hall–Kier alpha value is -0.980. The van der Waals surface area contributed by atoms with Crippen LogP contribution in [0.5, 0.6) is 5.75 Å². The Balaban J connectivity index is 2.20. The highest BCUT2D eigenvalue weighted by Gasteiger charge is 2.14. The molecule has 0 aromatic heterocycles. The lowest BCUT2D eigenvalue weighted by Gasteiger charge is -2.06. The quantitative estimate of drug-likeness (QED) is 0.686. The van der Waals surface area contributed by atoms with Crippen LogP contribution in [-0.4, -0.2) is 6.61 Å². The molecule has 1 radical (unpaired) electrons. The van der Waals surface area contributed by atoms with Gasteiger partial charge in [-0.1, -0.05) is 31.5 Å². The van der Waals surface area contributed by atoms with Gasteiger partial charge in [0.15, 0.2) is 0 Å². The first kappa shape index (κ1) is 8.61. The number of fused-ring (bicyclic) bond motifs is 1. The smallest absolute Gasteiger partial charge is 0.125 e. The van der Waals surface area contributed by atoms with Crippen LogP contribution >= 0.6 is 0 Å². The average Bonchev–Trinajstić information content (AvgIpc) is 2.62. The lowest BCUT2D eigenvalue weighted by Crippen LogP contribution is -1.91. The van der Waals surface area contributed by atoms with Gasteiger partial charge < -0.3 is 4.74 Å². The van der Waals surface area contributed by atoms with E-state index in [0.29, 0.717) is 0 Å². The van der Waals surface area contributed by atoms with Gasteiger partial charge in [0.25, 0.3) is 0 Å². The molecule has 0 spiro atoms. The maximum Gasteiger partial charge on any atom is 0.125 e. The molecular weight excluding hydrogens is 160 g/mol. The molecule has 2 rings (SSSR count). The first-order valence-corrected chi connectivity index (χ1v) is 4.94. The second-order valence-corrected chi connectivity index (χ2v) is 3.46. The summed E-state index contributed by atoms with van der Waals surface area (Å²) in [5, 5.41) is 0. The van der Waals surface area contributed by atoms with Gasteiger partial charge in [0.05, 0.1) is 6.61 Å². The molecule has 1 nitrogen and oxygen atoms in total. The molecular formula is C12H15O. The Bertz CT molecular complexity index is 291. The molecule has 1 aliphatic heterocycles. The summed E-state index contributed by atoms with van der Waals surface area (Å²) in [6.07, 6.45) is 4.34. The number of rotatable bonds is 3. The highest BCUT2D eigenvalue weighted by molar-refractivity contribution is 5.43. The van der Waals surface area contributed by atoms with Crippen LogP contribution in [0.4, 0.5) is 0 Å². The minimum absolute atomic E-state index is 0.858. The van der Waals surface area contributed by atoms with E-state index in [1.54, 1.807) is 0 Å². The maximum absolute atomic E-state index is 5.61. The number of hydrogen-bond acceptors (Lipinski definition) is 1. The predicted octanol–water partition coefficient (Wildman–Crippen LogP) is 2.78. The van der Waals surface area contributed by atoms with Crippen LogP contribution in [0.15, 0.2) is 18.2 Å². The molecule has 0 unspecified atom stereocenters. The molecule has 0 N–H and O–H groups in total. The molecule has 0 atom stereocenters. The van der Waals surface area contributed by atoms with Gasteiger partial charge in [-0.15, -0.1) is 0 Å². The maximum atomic E-state index is 5.61. The van der Waals surface area contributed by atoms with Crippen LogP contribution in [-0.2, 0) is 12.8 Å². The van der Waals surface area contributed by atoms with E-state index in [1.807, 2.05) is 0 Å². The van der Waals surface area contributed by atoms with Gasteiger partial charge in [-0.2, -0.15) is 0 Å². The Kier molecular flexibility index (Phi) is 2.53. The first-order chi connectivity index (χ1) is 6.42. The molecule has 0 fully saturated rings. The van der Waals surface area contributed by atoms with E-state index in [0.717, 1.165) is 38.0 Å². The molecule has 0 saturated carbocycles. The number of ether oxygens (including phenoxy) is 1. The zero-order valence-corrected chi connectivity index (χ0v) is 7.88. The van der Waals surface area contributed by atoms with Gasteiger partial charge in [-0.05, 0) is 24.0 Å². The summed E-state index contributed by atoms with van der Waals surface area (Å²) in [4.78, 5) is 0. The molecule has 13 heavy (non-hydrogen) atoms. The van der Waals surface area contributed by atoms with Crippen molar-refractivity contribution in [1.29, 1.82) is 0 Å². The third kappa shape index (κ3) is 1.69. The van der Waals surface area contributed by atoms with Gasteiger partial charge in [0, 0.05) is 6.42 Å². The molecule has 1 aromatic carbocycles. The Morgan fingerprint density at radius 2 is 2.31 bits per heavy atom. The van der Waals surface area contributed by atoms with Crippen molar-refractivity contribution in [1.82, 2.24) is 0 Å². The van der Waals surface area contributed by atoms with Crippen molar-refractivity contribution >= 4 is 0 Å². The third-order valence-corrected chi connectivity index (χ3v) is 2.49. The van der Waals surface area contributed by atoms with Crippen molar-refractivity contribution in [2.75, 3.05) is 6.61 Å². The van der Waals surface area contributed by atoms with Crippen molar-refractivity contribution in [2.45, 2.75) is 25.7 Å². The third-order valence-electron chi connectivity index (χ3n) is 2.49. The predicted molar refractivity (Wildman–Crippen MR) is 53.9 cm³/mol. The van der Waals surface area contributed by atoms with Crippen molar-refractivity contribution in [3.05, 3.63) is 36.2 Å². The largest absolute Gasteiger partial charge is 0.493 e. The fraction of sp³-hybridized carbons (Fsp3) is 0.417. The van der Waals surface area contributed by atoms with E-state index in [9.17, 15) is 0 Å². The second-order valence-electron chi connectivity index (χ2n) is 3.46. The van der Waals surface area contributed by atoms with Crippen LogP contribution in [0.3, 0.4) is 0 Å². The van der Waals surface area contributed by atoms with Gasteiger partial charge in [0.1, 0.15) is 5.75 Å². The van der Waals surface area contributed by atoms with E-state index in [-0.39, 0.29) is 0 Å². The molecule has 0 bridgehead atoms. The first-order valence-electron chi connectivity index (χ1n) is 4.94. The monoisotopic (exact) mass is 175 g/mol. The van der Waals surface area contributed by atoms with Gasteiger partial charge in [-0.3, -0.25) is 0 Å². The van der Waals surface area contributed by atoms with Crippen molar-refractivity contribution in [3.63, 3.8) is 0 Å². The van der Waals surface area contributed by atoms with Crippen molar-refractivity contribution in [3.8, 4) is 5.75 Å². The van der Waals surface area contributed by atoms with E-state index in [1.165, 1.54) is 11.1 Å². The summed E-state index contributed by atoms with van der Waals surface area (Å²) in [5.74, 6) is 1.15. The fourth-order valence-corrected chi connectivity index (χ4v) is 1.80. The summed E-state index contributed by atoms with van der Waals surface area (Å²) in [6, 6.07) is 6.46. The zero-order chi connectivity index (χ0) is 9.10. The molecule has 0 saturated heterocycles. The minimum Gasteiger partial charge on any atom is -0.493 e. The summed E-state index contributed by atoms with van der Waals surface area (Å²) in [6.45, 7) is 4.71. The summed E-state index contributed by atoms with van der Waals surface area (Å²) < 4.78 is 5.61. The van der Waals surface area contributed by atoms with Crippen molar-refractivity contribution < 1.29 is 4.74 Å². The molecule has 69 valence electrons. The second kappa shape index (κ2) is 3.82. The summed E-state index contributed by atoms with van der Waals surface area (Å²) >= 11 is 0. The topological polar surface area (TPSA) is 9.23 Å². The molecule has 1 aromatic rings. The number of unbranched alkanes of at least 4 members (excludes halogenated alkanes) is 1. The highest BCUT2D eigenvalue weighted by Crippen LogP contribution is 2.30. The number of para-hydroxylation sites is 1. The van der Waals surface area contributed by atoms with Gasteiger partial charge in [0.2, 0.25) is 0 Å². The molecule has 0 amide bonds. The Labute approximate surface area is 79.7 Å². The number of benzene rings is 1. The molecule has 1 heterocycles. The van der Waals surface area contributed by atoms with Crippen LogP contribution in [0.25, 0.3) is 0 Å². The van der Waals surface area contributed by atoms with Gasteiger partial charge >= 0.3 is 0 Å². The van der Waals surface area contributed by atoms with Crippen LogP contribution in [0, 0.1) is 6.92 Å². The Morgan fingerprint density at radius 1 is 1.38 bits per heavy atom. The lowest BCUT2D eigenvalue weighted by molar-refractivity contribution is 0.353. The fourth-order valence-electron chi connectivity index (χ4n) is 1.80. The number of hydrogen-bond donors (Lipinski definition) is 0. The van der Waals surface area contributed by atoms with E-state index in [4.69, 9.17) is 4.74 Å². The zero-order valence-electron chi connectivity index (χ0n) is 7.88. The molecule has 0 aliphatic carbocycles. The van der Waals surface area contributed by atoms with Gasteiger partial charge in [-0.25, -0.2) is 0 Å². The van der Waals surface area contributed by atoms with Crippen LogP contribution < -0.4 is 4.74 Å². The minimum atomic E-state index is 0.858. The average molecular weight is 175 g/mol.